The van der Waals surface area contributed by atoms with E-state index in [1.165, 1.54) is 10.4 Å². The van der Waals surface area contributed by atoms with E-state index in [9.17, 15) is 4.79 Å². The molecule has 0 aromatic carbocycles. The number of carbonyl (C=O) groups is 1. The van der Waals surface area contributed by atoms with Crippen LogP contribution in [0.1, 0.15) is 30.7 Å². The van der Waals surface area contributed by atoms with Gasteiger partial charge in [0.05, 0.1) is 6.20 Å². The molecule has 1 aliphatic heterocycles. The molecule has 7 heteroatoms. The molecular formula is C17H25N5OS. The average molecular weight is 347 g/mol. The van der Waals surface area contributed by atoms with Crippen molar-refractivity contribution >= 4 is 23.2 Å². The monoisotopic (exact) mass is 347 g/mol. The van der Waals surface area contributed by atoms with Crippen LogP contribution in [0.15, 0.2) is 23.7 Å². The maximum Gasteiger partial charge on any atom is 0.320 e. The maximum absolute atomic E-state index is 12.1. The Bertz CT molecular complexity index is 680. The highest BCUT2D eigenvalue weighted by atomic mass is 32.1. The van der Waals surface area contributed by atoms with Crippen molar-refractivity contribution in [2.75, 3.05) is 18.4 Å². The predicted octanol–water partition coefficient (Wildman–Crippen LogP) is 2.92. The molecule has 0 aliphatic carbocycles. The summed E-state index contributed by atoms with van der Waals surface area (Å²) in [7, 11) is 0. The number of nitrogens with one attached hydrogen (secondary N) is 2. The normalized spacial score (nSPS) is 15.8. The van der Waals surface area contributed by atoms with E-state index in [0.29, 0.717) is 12.6 Å². The largest absolute Gasteiger partial charge is 0.336 e. The van der Waals surface area contributed by atoms with Gasteiger partial charge in [0.2, 0.25) is 0 Å². The van der Waals surface area contributed by atoms with Crippen molar-refractivity contribution in [3.63, 3.8) is 0 Å². The van der Waals surface area contributed by atoms with Crippen molar-refractivity contribution in [2.24, 2.45) is 0 Å². The van der Waals surface area contributed by atoms with Crippen LogP contribution in [0.3, 0.4) is 0 Å². The van der Waals surface area contributed by atoms with Crippen molar-refractivity contribution in [3.05, 3.63) is 34.2 Å². The van der Waals surface area contributed by atoms with Crippen molar-refractivity contribution in [1.82, 2.24) is 20.0 Å². The molecular weight excluding hydrogens is 322 g/mol. The highest BCUT2D eigenvalue weighted by molar-refractivity contribution is 7.10. The Labute approximate surface area is 146 Å². The number of nitrogens with zero attached hydrogens (tertiary/aromatic N) is 3. The summed E-state index contributed by atoms with van der Waals surface area (Å²) in [5.74, 6) is 0.739. The van der Waals surface area contributed by atoms with Gasteiger partial charge in [0.15, 0.2) is 0 Å². The van der Waals surface area contributed by atoms with Crippen molar-refractivity contribution in [1.29, 1.82) is 0 Å². The van der Waals surface area contributed by atoms with Crippen LogP contribution in [-0.2, 0) is 19.5 Å². The zero-order valence-electron chi connectivity index (χ0n) is 14.3. The topological polar surface area (TPSA) is 62.2 Å². The minimum atomic E-state index is -0.173. The van der Waals surface area contributed by atoms with E-state index in [1.54, 1.807) is 6.20 Å². The highest BCUT2D eigenvalue weighted by Crippen LogP contribution is 2.24. The Kier molecular flexibility index (Phi) is 5.52. The zero-order valence-corrected chi connectivity index (χ0v) is 15.1. The van der Waals surface area contributed by atoms with Crippen LogP contribution in [0, 0.1) is 0 Å². The lowest BCUT2D eigenvalue weighted by molar-refractivity contribution is 0.188. The summed E-state index contributed by atoms with van der Waals surface area (Å²) in [6.45, 7) is 7.72. The number of amides is 2. The third kappa shape index (κ3) is 3.96. The number of aromatic nitrogens is 2. The molecule has 0 radical (unpaired) electrons. The molecule has 1 unspecified atom stereocenters. The number of urea groups is 1. The SMILES string of the molecule is CCCn1nccc1NC(=O)NCC(C)N1CCc2sccc2C1. The van der Waals surface area contributed by atoms with Gasteiger partial charge in [-0.3, -0.25) is 10.2 Å². The van der Waals surface area contributed by atoms with Crippen LogP contribution in [0.5, 0.6) is 0 Å². The molecule has 2 aromatic heterocycles. The van der Waals surface area contributed by atoms with E-state index in [-0.39, 0.29) is 6.03 Å². The number of thiophene rings is 1. The van der Waals surface area contributed by atoms with Crippen molar-refractivity contribution in [2.45, 2.75) is 45.8 Å². The second kappa shape index (κ2) is 7.81. The summed E-state index contributed by atoms with van der Waals surface area (Å²) >= 11 is 1.85. The second-order valence-corrected chi connectivity index (χ2v) is 7.21. The molecule has 0 saturated heterocycles. The van der Waals surface area contributed by atoms with E-state index >= 15 is 0 Å². The van der Waals surface area contributed by atoms with Crippen LogP contribution >= 0.6 is 11.3 Å². The molecule has 1 aliphatic rings. The van der Waals surface area contributed by atoms with Crippen molar-refractivity contribution in [3.8, 4) is 0 Å². The third-order valence-electron chi connectivity index (χ3n) is 4.41. The Morgan fingerprint density at radius 1 is 1.46 bits per heavy atom. The summed E-state index contributed by atoms with van der Waals surface area (Å²) in [4.78, 5) is 16.1. The summed E-state index contributed by atoms with van der Waals surface area (Å²) in [5, 5.41) is 12.2. The minimum absolute atomic E-state index is 0.173. The van der Waals surface area contributed by atoms with Gasteiger partial charge in [-0.25, -0.2) is 9.48 Å². The Morgan fingerprint density at radius 2 is 2.33 bits per heavy atom. The highest BCUT2D eigenvalue weighted by Gasteiger charge is 2.21. The van der Waals surface area contributed by atoms with Crippen LogP contribution in [0.2, 0.25) is 0 Å². The maximum atomic E-state index is 12.1. The lowest BCUT2D eigenvalue weighted by atomic mass is 10.1. The fraction of sp³-hybridized carbons (Fsp3) is 0.529. The Hall–Kier alpha value is -1.86. The molecule has 0 saturated carbocycles. The summed E-state index contributed by atoms with van der Waals surface area (Å²) in [6, 6.07) is 4.17. The van der Waals surface area contributed by atoms with Gasteiger partial charge in [0.1, 0.15) is 5.82 Å². The molecule has 24 heavy (non-hydrogen) atoms. The number of hydrogen-bond donors (Lipinski definition) is 2. The van der Waals surface area contributed by atoms with Crippen LogP contribution in [0.25, 0.3) is 0 Å². The van der Waals surface area contributed by atoms with Gasteiger partial charge in [-0.15, -0.1) is 11.3 Å². The molecule has 6 nitrogen and oxygen atoms in total. The van der Waals surface area contributed by atoms with Gasteiger partial charge in [-0.1, -0.05) is 6.92 Å². The first-order valence-electron chi connectivity index (χ1n) is 8.53. The second-order valence-electron chi connectivity index (χ2n) is 6.21. The first kappa shape index (κ1) is 17.0. The van der Waals surface area contributed by atoms with Gasteiger partial charge in [0, 0.05) is 43.2 Å². The molecule has 2 aromatic rings. The van der Waals surface area contributed by atoms with E-state index < -0.39 is 0 Å². The van der Waals surface area contributed by atoms with Crippen LogP contribution in [-0.4, -0.2) is 39.8 Å². The molecule has 0 bridgehead atoms. The standard InChI is InChI=1S/C17H25N5OS/c1-3-8-22-16(4-7-19-22)20-17(23)18-11-13(2)21-9-5-15-14(12-21)6-10-24-15/h4,6-7,10,13H,3,5,8-9,11-12H2,1-2H3,(H2,18,20,23). The fourth-order valence-electron chi connectivity index (χ4n) is 3.01. The van der Waals surface area contributed by atoms with Gasteiger partial charge >= 0.3 is 6.03 Å². The minimum Gasteiger partial charge on any atom is -0.336 e. The average Bonchev–Trinajstić information content (AvgIpc) is 3.21. The van der Waals surface area contributed by atoms with Crippen LogP contribution in [0.4, 0.5) is 10.6 Å². The van der Waals surface area contributed by atoms with Gasteiger partial charge in [0.25, 0.3) is 0 Å². The number of anilines is 1. The smallest absolute Gasteiger partial charge is 0.320 e. The quantitative estimate of drug-likeness (QED) is 0.844. The van der Waals surface area contributed by atoms with E-state index in [2.05, 4.69) is 45.9 Å². The first-order chi connectivity index (χ1) is 11.7. The number of rotatable bonds is 6. The molecule has 3 rings (SSSR count). The lowest BCUT2D eigenvalue weighted by Crippen LogP contribution is -2.45. The predicted molar refractivity (Wildman–Crippen MR) is 97.4 cm³/mol. The summed E-state index contributed by atoms with van der Waals surface area (Å²) < 4.78 is 1.81. The van der Waals surface area contributed by atoms with Gasteiger partial charge in [-0.05, 0) is 36.8 Å². The molecule has 3 heterocycles. The van der Waals surface area contributed by atoms with Gasteiger partial charge < -0.3 is 5.32 Å². The number of fused-ring (bicyclic) bond motifs is 1. The first-order valence-corrected chi connectivity index (χ1v) is 9.41. The van der Waals surface area contributed by atoms with Crippen LogP contribution < -0.4 is 10.6 Å². The lowest BCUT2D eigenvalue weighted by Gasteiger charge is -2.32. The zero-order chi connectivity index (χ0) is 16.9. The molecule has 0 fully saturated rings. The molecule has 2 N–H and O–H groups in total. The Balaban J connectivity index is 1.47. The third-order valence-corrected chi connectivity index (χ3v) is 5.44. The number of hydrogen-bond acceptors (Lipinski definition) is 4. The molecule has 2 amide bonds. The fourth-order valence-corrected chi connectivity index (χ4v) is 3.90. The van der Waals surface area contributed by atoms with E-state index in [1.807, 2.05) is 22.1 Å². The molecule has 130 valence electrons. The number of carbonyl (C=O) groups excluding carboxylic acids is 1. The van der Waals surface area contributed by atoms with Crippen molar-refractivity contribution < 1.29 is 4.79 Å². The summed E-state index contributed by atoms with van der Waals surface area (Å²) in [6.07, 6.45) is 3.80. The summed E-state index contributed by atoms with van der Waals surface area (Å²) in [5.41, 5.74) is 1.44. The number of aryl methyl sites for hydroxylation is 1. The van der Waals surface area contributed by atoms with Gasteiger partial charge in [-0.2, -0.15) is 5.10 Å². The molecule has 1 atom stereocenters. The Morgan fingerprint density at radius 3 is 3.17 bits per heavy atom. The van der Waals surface area contributed by atoms with E-state index in [0.717, 1.165) is 38.3 Å². The molecule has 0 spiro atoms. The van der Waals surface area contributed by atoms with E-state index in [4.69, 9.17) is 0 Å².